The summed E-state index contributed by atoms with van der Waals surface area (Å²) < 4.78 is 13.0. The molecule has 0 aliphatic heterocycles. The second-order valence-corrected chi connectivity index (χ2v) is 3.24. The van der Waals surface area contributed by atoms with E-state index in [2.05, 4.69) is 0 Å². The molecule has 0 aromatic heterocycles. The molecule has 1 aromatic rings. The molecule has 2 nitrogen and oxygen atoms in total. The minimum Gasteiger partial charge on any atom is -0.481 e. The average Bonchev–Trinajstić information content (AvgIpc) is 2.79. The molecule has 0 unspecified atom stereocenters. The molecule has 2 rings (SSSR count). The Morgan fingerprint density at radius 1 is 1.31 bits per heavy atom. The third kappa shape index (κ3) is 1.30. The Kier molecular flexibility index (Phi) is 1.79. The molecule has 0 bridgehead atoms. The SMILES string of the molecule is O=C(O)[C@@H]1[C@@H](F)[C@H]1c1ccccc1. The number of hydrogen-bond donors (Lipinski definition) is 1. The lowest BCUT2D eigenvalue weighted by molar-refractivity contribution is -0.139. The van der Waals surface area contributed by atoms with E-state index < -0.39 is 24.0 Å². The fourth-order valence-electron chi connectivity index (χ4n) is 1.63. The monoisotopic (exact) mass is 180 g/mol. The molecule has 3 atom stereocenters. The van der Waals surface area contributed by atoms with Gasteiger partial charge in [-0.3, -0.25) is 4.79 Å². The third-order valence-electron chi connectivity index (χ3n) is 2.40. The summed E-state index contributed by atoms with van der Waals surface area (Å²) in [5, 5.41) is 8.62. The summed E-state index contributed by atoms with van der Waals surface area (Å²) in [6, 6.07) is 8.94. The molecule has 1 N–H and O–H groups in total. The number of rotatable bonds is 2. The Labute approximate surface area is 75.0 Å². The van der Waals surface area contributed by atoms with E-state index in [4.69, 9.17) is 5.11 Å². The van der Waals surface area contributed by atoms with Gasteiger partial charge in [0.05, 0.1) is 5.92 Å². The molecule has 1 aliphatic carbocycles. The van der Waals surface area contributed by atoms with Crippen LogP contribution in [0.3, 0.4) is 0 Å². The zero-order valence-electron chi connectivity index (χ0n) is 6.85. The Hall–Kier alpha value is -1.38. The number of halogens is 1. The number of carboxylic acids is 1. The first-order chi connectivity index (χ1) is 6.22. The van der Waals surface area contributed by atoms with Crippen molar-refractivity contribution in [2.75, 3.05) is 0 Å². The van der Waals surface area contributed by atoms with E-state index in [1.165, 1.54) is 0 Å². The molecule has 0 heterocycles. The van der Waals surface area contributed by atoms with Gasteiger partial charge in [0, 0.05) is 5.92 Å². The van der Waals surface area contributed by atoms with Crippen molar-refractivity contribution in [1.29, 1.82) is 0 Å². The molecular formula is C10H9FO2. The van der Waals surface area contributed by atoms with Gasteiger partial charge in [-0.15, -0.1) is 0 Å². The van der Waals surface area contributed by atoms with Crippen LogP contribution in [0.5, 0.6) is 0 Å². The first kappa shape index (κ1) is 8.23. The van der Waals surface area contributed by atoms with E-state index in [1.807, 2.05) is 6.07 Å². The van der Waals surface area contributed by atoms with Crippen LogP contribution in [0.4, 0.5) is 4.39 Å². The Morgan fingerprint density at radius 2 is 1.92 bits per heavy atom. The summed E-state index contributed by atoms with van der Waals surface area (Å²) in [7, 11) is 0. The van der Waals surface area contributed by atoms with Crippen LogP contribution in [-0.2, 0) is 4.79 Å². The van der Waals surface area contributed by atoms with Gasteiger partial charge in [-0.05, 0) is 5.56 Å². The molecule has 3 heteroatoms. The van der Waals surface area contributed by atoms with Crippen LogP contribution in [-0.4, -0.2) is 17.2 Å². The van der Waals surface area contributed by atoms with E-state index in [0.717, 1.165) is 5.56 Å². The number of alkyl halides is 1. The molecule has 13 heavy (non-hydrogen) atoms. The summed E-state index contributed by atoms with van der Waals surface area (Å²) in [6.45, 7) is 0. The van der Waals surface area contributed by atoms with Gasteiger partial charge in [0.1, 0.15) is 6.17 Å². The van der Waals surface area contributed by atoms with Crippen molar-refractivity contribution in [3.63, 3.8) is 0 Å². The number of carbonyl (C=O) groups is 1. The number of aliphatic carboxylic acids is 1. The molecule has 0 amide bonds. The van der Waals surface area contributed by atoms with E-state index in [0.29, 0.717) is 0 Å². The molecule has 68 valence electrons. The van der Waals surface area contributed by atoms with Crippen LogP contribution >= 0.6 is 0 Å². The lowest BCUT2D eigenvalue weighted by atomic mass is 10.1. The molecular weight excluding hydrogens is 171 g/mol. The van der Waals surface area contributed by atoms with E-state index in [9.17, 15) is 9.18 Å². The third-order valence-corrected chi connectivity index (χ3v) is 2.40. The Bertz CT molecular complexity index is 323. The van der Waals surface area contributed by atoms with E-state index in [1.54, 1.807) is 24.3 Å². The predicted octanol–water partition coefficient (Wildman–Crippen LogP) is 1.82. The predicted molar refractivity (Wildman–Crippen MR) is 45.2 cm³/mol. The summed E-state index contributed by atoms with van der Waals surface area (Å²) in [5.74, 6) is -2.30. The van der Waals surface area contributed by atoms with Crippen molar-refractivity contribution in [2.45, 2.75) is 12.1 Å². The van der Waals surface area contributed by atoms with Crippen LogP contribution in [0.25, 0.3) is 0 Å². The van der Waals surface area contributed by atoms with Crippen molar-refractivity contribution in [1.82, 2.24) is 0 Å². The highest BCUT2D eigenvalue weighted by molar-refractivity contribution is 5.77. The maximum atomic E-state index is 13.0. The van der Waals surface area contributed by atoms with Gasteiger partial charge in [-0.1, -0.05) is 30.3 Å². The van der Waals surface area contributed by atoms with Crippen LogP contribution in [0.15, 0.2) is 30.3 Å². The van der Waals surface area contributed by atoms with Crippen molar-refractivity contribution < 1.29 is 14.3 Å². The van der Waals surface area contributed by atoms with Gasteiger partial charge in [-0.25, -0.2) is 4.39 Å². The average molecular weight is 180 g/mol. The molecule has 0 saturated heterocycles. The van der Waals surface area contributed by atoms with E-state index in [-0.39, 0.29) is 0 Å². The standard InChI is InChI=1S/C10H9FO2/c11-9-7(8(9)10(12)13)6-4-2-1-3-5-6/h1-5,7-9H,(H,12,13)/t7-,8-,9-/m0/s1. The zero-order valence-corrected chi connectivity index (χ0v) is 6.85. The molecule has 1 aliphatic rings. The van der Waals surface area contributed by atoms with Crippen molar-refractivity contribution >= 4 is 5.97 Å². The van der Waals surface area contributed by atoms with Gasteiger partial charge in [0.25, 0.3) is 0 Å². The summed E-state index contributed by atoms with van der Waals surface area (Å²) in [5.41, 5.74) is 0.780. The number of hydrogen-bond acceptors (Lipinski definition) is 1. The lowest BCUT2D eigenvalue weighted by Gasteiger charge is -1.94. The summed E-state index contributed by atoms with van der Waals surface area (Å²) in [4.78, 5) is 10.5. The topological polar surface area (TPSA) is 37.3 Å². The van der Waals surface area contributed by atoms with Crippen LogP contribution in [0.1, 0.15) is 11.5 Å². The maximum Gasteiger partial charge on any atom is 0.310 e. The molecule has 1 aromatic carbocycles. The maximum absolute atomic E-state index is 13.0. The molecule has 0 radical (unpaired) electrons. The molecule has 1 fully saturated rings. The van der Waals surface area contributed by atoms with Crippen molar-refractivity contribution in [3.8, 4) is 0 Å². The fraction of sp³-hybridized carbons (Fsp3) is 0.300. The molecule has 1 saturated carbocycles. The van der Waals surface area contributed by atoms with Crippen LogP contribution in [0, 0.1) is 5.92 Å². The van der Waals surface area contributed by atoms with E-state index >= 15 is 0 Å². The fourth-order valence-corrected chi connectivity index (χ4v) is 1.63. The summed E-state index contributed by atoms with van der Waals surface area (Å²) >= 11 is 0. The highest BCUT2D eigenvalue weighted by atomic mass is 19.1. The van der Waals surface area contributed by atoms with Gasteiger partial charge in [-0.2, -0.15) is 0 Å². The lowest BCUT2D eigenvalue weighted by Crippen LogP contribution is -2.00. The van der Waals surface area contributed by atoms with Crippen LogP contribution in [0.2, 0.25) is 0 Å². The van der Waals surface area contributed by atoms with Gasteiger partial charge >= 0.3 is 5.97 Å². The van der Waals surface area contributed by atoms with Gasteiger partial charge in [0.15, 0.2) is 0 Å². The highest BCUT2D eigenvalue weighted by Crippen LogP contribution is 2.50. The normalized spacial score (nSPS) is 31.3. The quantitative estimate of drug-likeness (QED) is 0.753. The van der Waals surface area contributed by atoms with Crippen molar-refractivity contribution in [3.05, 3.63) is 35.9 Å². The van der Waals surface area contributed by atoms with Crippen molar-refractivity contribution in [2.24, 2.45) is 5.92 Å². The zero-order chi connectivity index (χ0) is 9.42. The largest absolute Gasteiger partial charge is 0.481 e. The minimum absolute atomic E-state index is 0.432. The Morgan fingerprint density at radius 3 is 2.38 bits per heavy atom. The van der Waals surface area contributed by atoms with Gasteiger partial charge < -0.3 is 5.11 Å². The second-order valence-electron chi connectivity index (χ2n) is 3.24. The first-order valence-corrected chi connectivity index (χ1v) is 4.13. The molecule has 0 spiro atoms. The number of benzene rings is 1. The Balaban J connectivity index is 2.18. The van der Waals surface area contributed by atoms with Crippen LogP contribution < -0.4 is 0 Å². The van der Waals surface area contributed by atoms with Gasteiger partial charge in [0.2, 0.25) is 0 Å². The second kappa shape index (κ2) is 2.83. The summed E-state index contributed by atoms with van der Waals surface area (Å²) in [6.07, 6.45) is -1.21. The number of carboxylic acid groups (broad SMARTS) is 1. The first-order valence-electron chi connectivity index (χ1n) is 4.13. The smallest absolute Gasteiger partial charge is 0.310 e. The highest BCUT2D eigenvalue weighted by Gasteiger charge is 2.56. The minimum atomic E-state index is -1.21.